The quantitative estimate of drug-likeness (QED) is 0.892. The third kappa shape index (κ3) is 2.79. The number of benzene rings is 1. The van der Waals surface area contributed by atoms with Crippen molar-refractivity contribution in [1.82, 2.24) is 5.32 Å². The molecule has 2 aliphatic rings. The predicted molar refractivity (Wildman–Crippen MR) is 81.8 cm³/mol. The summed E-state index contributed by atoms with van der Waals surface area (Å²) in [6.07, 6.45) is 8.23. The molecule has 0 radical (unpaired) electrons. The van der Waals surface area contributed by atoms with Crippen molar-refractivity contribution >= 4 is 5.69 Å². The van der Waals surface area contributed by atoms with Gasteiger partial charge in [0.05, 0.1) is 0 Å². The summed E-state index contributed by atoms with van der Waals surface area (Å²) in [7, 11) is 2.06. The van der Waals surface area contributed by atoms with Crippen LogP contribution in [0.4, 0.5) is 5.69 Å². The number of rotatable bonds is 4. The molecule has 2 nitrogen and oxygen atoms in total. The summed E-state index contributed by atoms with van der Waals surface area (Å²) in [5.74, 6) is 0.960. The van der Waals surface area contributed by atoms with Gasteiger partial charge in [0.1, 0.15) is 0 Å². The van der Waals surface area contributed by atoms with Gasteiger partial charge in [0.2, 0.25) is 0 Å². The lowest BCUT2D eigenvalue weighted by Gasteiger charge is -2.36. The highest BCUT2D eigenvalue weighted by Gasteiger charge is 2.29. The van der Waals surface area contributed by atoms with Crippen molar-refractivity contribution in [2.75, 3.05) is 25.0 Å². The highest BCUT2D eigenvalue weighted by Crippen LogP contribution is 2.36. The summed E-state index contributed by atoms with van der Waals surface area (Å²) >= 11 is 0. The molecule has 0 unspecified atom stereocenters. The number of hydrogen-bond donors (Lipinski definition) is 1. The minimum atomic E-state index is 0.800. The van der Waals surface area contributed by atoms with Gasteiger partial charge in [0.25, 0.3) is 0 Å². The van der Waals surface area contributed by atoms with E-state index in [0.717, 1.165) is 12.0 Å². The molecule has 0 bridgehead atoms. The van der Waals surface area contributed by atoms with Gasteiger partial charge in [0, 0.05) is 18.3 Å². The zero-order valence-corrected chi connectivity index (χ0v) is 12.1. The van der Waals surface area contributed by atoms with E-state index in [1.165, 1.54) is 57.3 Å². The van der Waals surface area contributed by atoms with E-state index in [-0.39, 0.29) is 0 Å². The zero-order valence-electron chi connectivity index (χ0n) is 12.1. The largest absolute Gasteiger partial charge is 0.368 e. The molecular formula is C17H26N2. The standard InChI is InChI=1S/C17H26N2/c1-18-12-10-14-6-8-16(9-7-14)19-13-11-15-4-2-3-5-17(15)19/h2-5,14,16,18H,6-13H2,1H3. The summed E-state index contributed by atoms with van der Waals surface area (Å²) in [6.45, 7) is 2.42. The Bertz CT molecular complexity index is 407. The van der Waals surface area contributed by atoms with Crippen molar-refractivity contribution in [2.45, 2.75) is 44.6 Å². The fourth-order valence-corrected chi connectivity index (χ4v) is 3.84. The maximum atomic E-state index is 3.28. The number of nitrogens with zero attached hydrogens (tertiary/aromatic N) is 1. The zero-order chi connectivity index (χ0) is 13.1. The molecule has 1 aromatic rings. The summed E-state index contributed by atoms with van der Waals surface area (Å²) in [5.41, 5.74) is 3.07. The van der Waals surface area contributed by atoms with Crippen LogP contribution in [0.1, 0.15) is 37.7 Å². The van der Waals surface area contributed by atoms with Crippen LogP contribution in [0.3, 0.4) is 0 Å². The molecule has 0 atom stereocenters. The maximum absolute atomic E-state index is 3.28. The summed E-state index contributed by atoms with van der Waals surface area (Å²) in [6, 6.07) is 9.78. The smallest absolute Gasteiger partial charge is 0.0402 e. The van der Waals surface area contributed by atoms with Crippen molar-refractivity contribution < 1.29 is 0 Å². The molecule has 2 heteroatoms. The second-order valence-electron chi connectivity index (χ2n) is 6.14. The molecule has 1 saturated carbocycles. The van der Waals surface area contributed by atoms with E-state index in [4.69, 9.17) is 0 Å². The first kappa shape index (κ1) is 13.0. The number of hydrogen-bond acceptors (Lipinski definition) is 2. The van der Waals surface area contributed by atoms with Crippen molar-refractivity contribution in [3.8, 4) is 0 Å². The minimum absolute atomic E-state index is 0.800. The van der Waals surface area contributed by atoms with Crippen LogP contribution in [-0.2, 0) is 6.42 Å². The Hall–Kier alpha value is -1.02. The van der Waals surface area contributed by atoms with Gasteiger partial charge in [-0.3, -0.25) is 0 Å². The SMILES string of the molecule is CNCCC1CCC(N2CCc3ccccc32)CC1. The van der Waals surface area contributed by atoms with Crippen LogP contribution in [0.15, 0.2) is 24.3 Å². The second-order valence-corrected chi connectivity index (χ2v) is 6.14. The highest BCUT2D eigenvalue weighted by atomic mass is 15.2. The lowest BCUT2D eigenvalue weighted by atomic mass is 9.83. The van der Waals surface area contributed by atoms with Gasteiger partial charge in [0.15, 0.2) is 0 Å². The van der Waals surface area contributed by atoms with E-state index in [2.05, 4.69) is 41.5 Å². The van der Waals surface area contributed by atoms with Gasteiger partial charge in [-0.1, -0.05) is 18.2 Å². The van der Waals surface area contributed by atoms with Crippen molar-refractivity contribution in [1.29, 1.82) is 0 Å². The van der Waals surface area contributed by atoms with Crippen LogP contribution in [-0.4, -0.2) is 26.2 Å². The first-order chi connectivity index (χ1) is 9.38. The highest BCUT2D eigenvalue weighted by molar-refractivity contribution is 5.58. The van der Waals surface area contributed by atoms with Crippen LogP contribution in [0, 0.1) is 5.92 Å². The maximum Gasteiger partial charge on any atom is 0.0402 e. The number of anilines is 1. The van der Waals surface area contributed by atoms with Gasteiger partial charge in [-0.2, -0.15) is 0 Å². The topological polar surface area (TPSA) is 15.3 Å². The molecule has 104 valence electrons. The minimum Gasteiger partial charge on any atom is -0.368 e. The molecule has 0 amide bonds. The number of nitrogens with one attached hydrogen (secondary N) is 1. The summed E-state index contributed by atoms with van der Waals surface area (Å²) < 4.78 is 0. The molecule has 1 heterocycles. The summed E-state index contributed by atoms with van der Waals surface area (Å²) in [4.78, 5) is 2.68. The third-order valence-electron chi connectivity index (χ3n) is 4.98. The average Bonchev–Trinajstić information content (AvgIpc) is 2.90. The molecule has 19 heavy (non-hydrogen) atoms. The molecule has 1 aliphatic heterocycles. The van der Waals surface area contributed by atoms with E-state index >= 15 is 0 Å². The Kier molecular flexibility index (Phi) is 4.07. The fourth-order valence-electron chi connectivity index (χ4n) is 3.84. The Morgan fingerprint density at radius 3 is 2.74 bits per heavy atom. The van der Waals surface area contributed by atoms with Crippen LogP contribution in [0.5, 0.6) is 0 Å². The van der Waals surface area contributed by atoms with E-state index in [9.17, 15) is 0 Å². The Morgan fingerprint density at radius 1 is 1.16 bits per heavy atom. The second kappa shape index (κ2) is 5.96. The van der Waals surface area contributed by atoms with E-state index in [0.29, 0.717) is 0 Å². The molecule has 0 saturated heterocycles. The lowest BCUT2D eigenvalue weighted by molar-refractivity contribution is 0.301. The summed E-state index contributed by atoms with van der Waals surface area (Å²) in [5, 5.41) is 3.28. The Labute approximate surface area is 117 Å². The van der Waals surface area contributed by atoms with Crippen molar-refractivity contribution in [3.05, 3.63) is 29.8 Å². The van der Waals surface area contributed by atoms with Gasteiger partial charge < -0.3 is 10.2 Å². The average molecular weight is 258 g/mol. The normalized spacial score (nSPS) is 26.5. The molecule has 3 rings (SSSR count). The first-order valence-corrected chi connectivity index (χ1v) is 7.87. The van der Waals surface area contributed by atoms with Gasteiger partial charge in [-0.05, 0) is 69.7 Å². The number of fused-ring (bicyclic) bond motifs is 1. The molecule has 0 spiro atoms. The van der Waals surface area contributed by atoms with Crippen molar-refractivity contribution in [3.63, 3.8) is 0 Å². The van der Waals surface area contributed by atoms with Crippen molar-refractivity contribution in [2.24, 2.45) is 5.92 Å². The first-order valence-electron chi connectivity index (χ1n) is 7.87. The molecule has 1 fully saturated rings. The van der Waals surface area contributed by atoms with E-state index in [1.54, 1.807) is 5.56 Å². The molecule has 1 aromatic carbocycles. The fraction of sp³-hybridized carbons (Fsp3) is 0.647. The van der Waals surface area contributed by atoms with E-state index in [1.807, 2.05) is 0 Å². The predicted octanol–water partition coefficient (Wildman–Crippen LogP) is 3.22. The monoisotopic (exact) mass is 258 g/mol. The van der Waals surface area contributed by atoms with Crippen LogP contribution in [0.25, 0.3) is 0 Å². The molecule has 0 aromatic heterocycles. The third-order valence-corrected chi connectivity index (χ3v) is 4.98. The van der Waals surface area contributed by atoms with E-state index < -0.39 is 0 Å². The van der Waals surface area contributed by atoms with Crippen LogP contribution in [0.2, 0.25) is 0 Å². The van der Waals surface area contributed by atoms with Gasteiger partial charge >= 0.3 is 0 Å². The number of para-hydroxylation sites is 1. The molecule has 1 aliphatic carbocycles. The molecule has 1 N–H and O–H groups in total. The van der Waals surface area contributed by atoms with Crippen LogP contribution < -0.4 is 10.2 Å². The van der Waals surface area contributed by atoms with Gasteiger partial charge in [-0.25, -0.2) is 0 Å². The lowest BCUT2D eigenvalue weighted by Crippen LogP contribution is -2.37. The Balaban J connectivity index is 1.58. The van der Waals surface area contributed by atoms with Crippen LogP contribution >= 0.6 is 0 Å². The van der Waals surface area contributed by atoms with Gasteiger partial charge in [-0.15, -0.1) is 0 Å². The molecular weight excluding hydrogens is 232 g/mol. The Morgan fingerprint density at radius 2 is 1.95 bits per heavy atom.